The molecular formula is C26H31N7O4. The number of benzene rings is 1. The van der Waals surface area contributed by atoms with E-state index in [-0.39, 0.29) is 18.6 Å². The average molecular weight is 506 g/mol. The van der Waals surface area contributed by atoms with Crippen LogP contribution >= 0.6 is 0 Å². The number of fused-ring (bicyclic) bond motifs is 1. The third kappa shape index (κ3) is 6.43. The molecule has 11 heteroatoms. The molecule has 0 aliphatic carbocycles. The molecule has 194 valence electrons. The minimum absolute atomic E-state index is 0.176. The molecule has 0 radical (unpaired) electrons. The van der Waals surface area contributed by atoms with E-state index in [9.17, 15) is 9.59 Å². The van der Waals surface area contributed by atoms with Crippen LogP contribution in [-0.4, -0.2) is 60.2 Å². The van der Waals surface area contributed by atoms with Gasteiger partial charge in [-0.3, -0.25) is 9.78 Å². The molecule has 3 N–H and O–H groups in total. The van der Waals surface area contributed by atoms with Gasteiger partial charge in [0.25, 0.3) is 5.91 Å². The maximum absolute atomic E-state index is 13.5. The lowest BCUT2D eigenvalue weighted by Gasteiger charge is -2.23. The zero-order chi connectivity index (χ0) is 26.2. The van der Waals surface area contributed by atoms with E-state index in [0.717, 1.165) is 5.69 Å². The number of nitrogens with one attached hydrogen (secondary N) is 1. The molecule has 37 heavy (non-hydrogen) atoms. The minimum Gasteiger partial charge on any atom is -0.484 e. The molecule has 1 unspecified atom stereocenters. The van der Waals surface area contributed by atoms with Gasteiger partial charge in [0.1, 0.15) is 23.2 Å². The maximum atomic E-state index is 13.5. The average Bonchev–Trinajstić information content (AvgIpc) is 3.02. The van der Waals surface area contributed by atoms with Gasteiger partial charge >= 0.3 is 6.09 Å². The van der Waals surface area contributed by atoms with E-state index < -0.39 is 6.09 Å². The number of pyridine rings is 1. The minimum atomic E-state index is -0.805. The van der Waals surface area contributed by atoms with Crippen LogP contribution in [0.2, 0.25) is 0 Å². The van der Waals surface area contributed by atoms with Crippen LogP contribution in [0.1, 0.15) is 41.9 Å². The van der Waals surface area contributed by atoms with Crippen molar-refractivity contribution < 1.29 is 19.1 Å². The number of nitrogens with two attached hydrogens (primary N) is 1. The van der Waals surface area contributed by atoms with Crippen molar-refractivity contribution in [2.45, 2.75) is 25.9 Å². The number of carbonyl (C=O) groups excluding carboxylic acids is 2. The molecule has 1 aromatic carbocycles. The predicted molar refractivity (Wildman–Crippen MR) is 140 cm³/mol. The van der Waals surface area contributed by atoms with Crippen molar-refractivity contribution in [2.75, 3.05) is 48.4 Å². The van der Waals surface area contributed by atoms with Crippen molar-refractivity contribution in [3.63, 3.8) is 0 Å². The summed E-state index contributed by atoms with van der Waals surface area (Å²) in [6.45, 7) is 3.92. The zero-order valence-corrected chi connectivity index (χ0v) is 21.0. The third-order valence-electron chi connectivity index (χ3n) is 5.88. The molecule has 0 bridgehead atoms. The summed E-state index contributed by atoms with van der Waals surface area (Å²) in [5.74, 6) is 1.50. The summed E-state index contributed by atoms with van der Waals surface area (Å²) in [5.41, 5.74) is 6.96. The molecule has 4 rings (SSSR count). The Hall–Kier alpha value is -4.41. The highest BCUT2D eigenvalue weighted by Crippen LogP contribution is 2.31. The van der Waals surface area contributed by atoms with Gasteiger partial charge in [-0.25, -0.2) is 9.78 Å². The van der Waals surface area contributed by atoms with Gasteiger partial charge in [0, 0.05) is 50.8 Å². The number of anilines is 3. The van der Waals surface area contributed by atoms with Crippen LogP contribution in [0.4, 0.5) is 22.2 Å². The summed E-state index contributed by atoms with van der Waals surface area (Å²) in [4.78, 5) is 41.4. The zero-order valence-electron chi connectivity index (χ0n) is 21.0. The summed E-state index contributed by atoms with van der Waals surface area (Å²) in [7, 11) is 1.91. The summed E-state index contributed by atoms with van der Waals surface area (Å²) in [5, 5.41) is 3.09. The Labute approximate surface area is 215 Å². The highest BCUT2D eigenvalue weighted by Gasteiger charge is 2.28. The standard InChI is InChI=1S/C26H31N7O4/c1-3-28-26-30-17-20-23(31-26)32(2)13-14-33(24(20)34)18-8-6-9-19(16-18)37-22(11-7-15-36-25(27)35)21-10-4-5-12-29-21/h4-6,8-10,12,16-17,22H,3,7,11,13-15H2,1-2H3,(H2,27,35)(H,28,30,31). The fourth-order valence-corrected chi connectivity index (χ4v) is 4.07. The summed E-state index contributed by atoms with van der Waals surface area (Å²) < 4.78 is 11.2. The molecule has 0 saturated heterocycles. The van der Waals surface area contributed by atoms with Crippen molar-refractivity contribution in [1.82, 2.24) is 15.0 Å². The first kappa shape index (κ1) is 25.7. The Bertz CT molecular complexity index is 1220. The van der Waals surface area contributed by atoms with E-state index in [2.05, 4.69) is 20.3 Å². The second-order valence-corrected chi connectivity index (χ2v) is 8.51. The first-order chi connectivity index (χ1) is 18.0. The fraction of sp³-hybridized carbons (Fsp3) is 0.346. The van der Waals surface area contributed by atoms with Gasteiger partial charge in [-0.15, -0.1) is 0 Å². The number of hydrogen-bond donors (Lipinski definition) is 2. The number of amides is 2. The largest absolute Gasteiger partial charge is 0.484 e. The molecule has 3 heterocycles. The summed E-state index contributed by atoms with van der Waals surface area (Å²) >= 11 is 0. The lowest BCUT2D eigenvalue weighted by molar-refractivity contribution is 0.0989. The Morgan fingerprint density at radius 2 is 2.05 bits per heavy atom. The van der Waals surface area contributed by atoms with Crippen molar-refractivity contribution in [2.24, 2.45) is 5.73 Å². The van der Waals surface area contributed by atoms with Crippen LogP contribution in [0.15, 0.2) is 54.9 Å². The quantitative estimate of drug-likeness (QED) is 0.397. The molecule has 1 atom stereocenters. The van der Waals surface area contributed by atoms with Crippen molar-refractivity contribution >= 4 is 29.5 Å². The number of primary amides is 1. The molecule has 3 aromatic rings. The Morgan fingerprint density at radius 3 is 2.81 bits per heavy atom. The Morgan fingerprint density at radius 1 is 1.19 bits per heavy atom. The van der Waals surface area contributed by atoms with Crippen LogP contribution in [0.25, 0.3) is 0 Å². The normalized spacial score (nSPS) is 13.9. The maximum Gasteiger partial charge on any atom is 0.404 e. The Balaban J connectivity index is 1.55. The molecule has 0 saturated carbocycles. The second-order valence-electron chi connectivity index (χ2n) is 8.51. The lowest BCUT2D eigenvalue weighted by Crippen LogP contribution is -2.33. The molecule has 11 nitrogen and oxygen atoms in total. The van der Waals surface area contributed by atoms with E-state index in [4.69, 9.17) is 15.2 Å². The monoisotopic (exact) mass is 505 g/mol. The predicted octanol–water partition coefficient (Wildman–Crippen LogP) is 3.40. The number of likely N-dealkylation sites (N-methyl/N-ethyl adjacent to an activating group) is 1. The number of nitrogens with zero attached hydrogens (tertiary/aromatic N) is 5. The SMILES string of the molecule is CCNc1ncc2c(n1)N(C)CCN(c1cccc(OC(CCCOC(N)=O)c3ccccn3)c1)C2=O. The van der Waals surface area contributed by atoms with E-state index in [1.165, 1.54) is 0 Å². The smallest absolute Gasteiger partial charge is 0.404 e. The number of rotatable bonds is 10. The highest BCUT2D eigenvalue weighted by atomic mass is 16.5. The van der Waals surface area contributed by atoms with Gasteiger partial charge in [0.2, 0.25) is 5.95 Å². The molecular weight excluding hydrogens is 474 g/mol. The van der Waals surface area contributed by atoms with Crippen molar-refractivity contribution in [3.05, 3.63) is 66.1 Å². The van der Waals surface area contributed by atoms with Crippen molar-refractivity contribution in [3.8, 4) is 5.75 Å². The van der Waals surface area contributed by atoms with Gasteiger partial charge in [0.05, 0.1) is 12.3 Å². The van der Waals surface area contributed by atoms with Gasteiger partial charge in [-0.1, -0.05) is 12.1 Å². The first-order valence-electron chi connectivity index (χ1n) is 12.2. The molecule has 1 aliphatic rings. The number of ether oxygens (including phenoxy) is 2. The van der Waals surface area contributed by atoms with Crippen molar-refractivity contribution in [1.29, 1.82) is 0 Å². The van der Waals surface area contributed by atoms with Gasteiger partial charge in [-0.2, -0.15) is 4.98 Å². The van der Waals surface area contributed by atoms with Crippen LogP contribution in [0, 0.1) is 0 Å². The molecule has 0 fully saturated rings. The molecule has 1 aliphatic heterocycles. The molecule has 0 spiro atoms. The van der Waals surface area contributed by atoms with Crippen LogP contribution in [0.5, 0.6) is 5.75 Å². The number of carbonyl (C=O) groups is 2. The Kier molecular flexibility index (Phi) is 8.34. The van der Waals surface area contributed by atoms with Gasteiger partial charge in [-0.05, 0) is 44.0 Å². The highest BCUT2D eigenvalue weighted by molar-refractivity contribution is 6.09. The molecule has 2 aromatic heterocycles. The van der Waals surface area contributed by atoms with E-state index in [1.54, 1.807) is 17.3 Å². The number of aromatic nitrogens is 3. The summed E-state index contributed by atoms with van der Waals surface area (Å²) in [6.07, 6.45) is 3.20. The second kappa shape index (κ2) is 12.0. The molecule has 2 amide bonds. The fourth-order valence-electron chi connectivity index (χ4n) is 4.07. The lowest BCUT2D eigenvalue weighted by atomic mass is 10.1. The first-order valence-corrected chi connectivity index (χ1v) is 12.2. The third-order valence-corrected chi connectivity index (χ3v) is 5.88. The van der Waals surface area contributed by atoms with E-state index in [0.29, 0.717) is 61.2 Å². The van der Waals surface area contributed by atoms with Gasteiger partial charge in [0.15, 0.2) is 0 Å². The van der Waals surface area contributed by atoms with Crippen LogP contribution in [-0.2, 0) is 4.74 Å². The van der Waals surface area contributed by atoms with E-state index in [1.807, 2.05) is 61.3 Å². The van der Waals surface area contributed by atoms with Crippen LogP contribution < -0.4 is 25.6 Å². The van der Waals surface area contributed by atoms with E-state index >= 15 is 0 Å². The number of hydrogen-bond acceptors (Lipinski definition) is 9. The van der Waals surface area contributed by atoms with Crippen LogP contribution in [0.3, 0.4) is 0 Å². The topological polar surface area (TPSA) is 136 Å². The van der Waals surface area contributed by atoms with Gasteiger partial charge < -0.3 is 30.3 Å². The summed E-state index contributed by atoms with van der Waals surface area (Å²) in [6, 6.07) is 13.0.